The molecule has 0 aromatic carbocycles. The zero-order valence-corrected chi connectivity index (χ0v) is 6.34. The van der Waals surface area contributed by atoms with Crippen molar-refractivity contribution in [2.45, 2.75) is 26.2 Å². The van der Waals surface area contributed by atoms with Gasteiger partial charge in [0.15, 0.2) is 5.78 Å². The minimum absolute atomic E-state index is 0.0101. The highest BCUT2D eigenvalue weighted by molar-refractivity contribution is 5.89. The predicted octanol–water partition coefficient (Wildman–Crippen LogP) is 1.29. The van der Waals surface area contributed by atoms with Gasteiger partial charge in [-0.1, -0.05) is 19.4 Å². The zero-order valence-electron chi connectivity index (χ0n) is 6.34. The molecule has 0 bridgehead atoms. The second kappa shape index (κ2) is 6.49. The summed E-state index contributed by atoms with van der Waals surface area (Å²) >= 11 is 0. The standard InChI is InChI=1S/C8H14O2/c1-2-3-4-5-8(10)6-7-9/h4-5,9H,2-3,6-7H2,1H3/b5-4+. The molecule has 10 heavy (non-hydrogen) atoms. The summed E-state index contributed by atoms with van der Waals surface area (Å²) in [5.41, 5.74) is 0. The average molecular weight is 142 g/mol. The summed E-state index contributed by atoms with van der Waals surface area (Å²) in [6, 6.07) is 0. The van der Waals surface area contributed by atoms with E-state index < -0.39 is 0 Å². The van der Waals surface area contributed by atoms with Gasteiger partial charge in [0, 0.05) is 6.42 Å². The van der Waals surface area contributed by atoms with E-state index in [1.165, 1.54) is 0 Å². The lowest BCUT2D eigenvalue weighted by Gasteiger charge is -1.87. The molecule has 0 atom stereocenters. The second-order valence-corrected chi connectivity index (χ2v) is 2.13. The van der Waals surface area contributed by atoms with Crippen LogP contribution in [-0.2, 0) is 4.79 Å². The van der Waals surface area contributed by atoms with Crippen molar-refractivity contribution in [1.29, 1.82) is 0 Å². The Labute approximate surface area is 61.6 Å². The van der Waals surface area contributed by atoms with E-state index in [1.807, 2.05) is 6.08 Å². The van der Waals surface area contributed by atoms with E-state index >= 15 is 0 Å². The summed E-state index contributed by atoms with van der Waals surface area (Å²) in [6.45, 7) is 2.01. The number of hydrogen-bond donors (Lipinski definition) is 1. The van der Waals surface area contributed by atoms with Crippen LogP contribution in [0.25, 0.3) is 0 Å². The summed E-state index contributed by atoms with van der Waals surface area (Å²) in [5.74, 6) is 0.0101. The lowest BCUT2D eigenvalue weighted by molar-refractivity contribution is -0.115. The van der Waals surface area contributed by atoms with Crippen LogP contribution in [0, 0.1) is 0 Å². The maximum absolute atomic E-state index is 10.7. The number of rotatable bonds is 5. The SMILES string of the molecule is CCC/C=C/C(=O)CCO. The molecular weight excluding hydrogens is 128 g/mol. The van der Waals surface area contributed by atoms with Crippen LogP contribution in [0.15, 0.2) is 12.2 Å². The monoisotopic (exact) mass is 142 g/mol. The van der Waals surface area contributed by atoms with Crippen LogP contribution in [0.3, 0.4) is 0 Å². The molecule has 0 heterocycles. The second-order valence-electron chi connectivity index (χ2n) is 2.13. The van der Waals surface area contributed by atoms with E-state index in [2.05, 4.69) is 6.92 Å². The predicted molar refractivity (Wildman–Crippen MR) is 40.8 cm³/mol. The van der Waals surface area contributed by atoms with Crippen LogP contribution in [0.1, 0.15) is 26.2 Å². The summed E-state index contributed by atoms with van der Waals surface area (Å²) < 4.78 is 0. The number of aliphatic hydroxyl groups excluding tert-OH is 1. The Hall–Kier alpha value is -0.630. The van der Waals surface area contributed by atoms with Gasteiger partial charge in [-0.15, -0.1) is 0 Å². The molecule has 2 nitrogen and oxygen atoms in total. The molecule has 58 valence electrons. The van der Waals surface area contributed by atoms with Gasteiger partial charge in [0.05, 0.1) is 6.61 Å². The smallest absolute Gasteiger partial charge is 0.157 e. The number of carbonyl (C=O) groups is 1. The van der Waals surface area contributed by atoms with Gasteiger partial charge in [-0.2, -0.15) is 0 Å². The Morgan fingerprint density at radius 3 is 2.80 bits per heavy atom. The van der Waals surface area contributed by atoms with Gasteiger partial charge in [0.2, 0.25) is 0 Å². The first-order chi connectivity index (χ1) is 4.81. The minimum atomic E-state index is -0.0463. The van der Waals surface area contributed by atoms with Crippen molar-refractivity contribution in [3.05, 3.63) is 12.2 Å². The minimum Gasteiger partial charge on any atom is -0.396 e. The summed E-state index contributed by atoms with van der Waals surface area (Å²) in [5, 5.41) is 8.34. The molecule has 0 rings (SSSR count). The number of allylic oxidation sites excluding steroid dienone is 2. The normalized spacial score (nSPS) is 10.6. The number of carbonyl (C=O) groups excluding carboxylic acids is 1. The van der Waals surface area contributed by atoms with Gasteiger partial charge < -0.3 is 5.11 Å². The fourth-order valence-corrected chi connectivity index (χ4v) is 0.575. The molecule has 0 aromatic heterocycles. The first-order valence-corrected chi connectivity index (χ1v) is 3.61. The highest BCUT2D eigenvalue weighted by Gasteiger charge is 1.91. The van der Waals surface area contributed by atoms with Crippen molar-refractivity contribution in [2.75, 3.05) is 6.61 Å². The third-order valence-electron chi connectivity index (χ3n) is 1.12. The lowest BCUT2D eigenvalue weighted by atomic mass is 10.2. The van der Waals surface area contributed by atoms with Crippen LogP contribution < -0.4 is 0 Å². The van der Waals surface area contributed by atoms with E-state index in [1.54, 1.807) is 6.08 Å². The first kappa shape index (κ1) is 9.37. The van der Waals surface area contributed by atoms with Gasteiger partial charge in [-0.25, -0.2) is 0 Å². The molecule has 0 saturated carbocycles. The highest BCUT2D eigenvalue weighted by Crippen LogP contribution is 1.90. The van der Waals surface area contributed by atoms with Crippen LogP contribution in [-0.4, -0.2) is 17.5 Å². The van der Waals surface area contributed by atoms with Crippen LogP contribution >= 0.6 is 0 Å². The molecule has 0 spiro atoms. The number of aliphatic hydroxyl groups is 1. The summed E-state index contributed by atoms with van der Waals surface area (Å²) in [7, 11) is 0. The summed E-state index contributed by atoms with van der Waals surface area (Å²) in [6.07, 6.45) is 5.64. The first-order valence-electron chi connectivity index (χ1n) is 3.61. The molecule has 0 saturated heterocycles. The van der Waals surface area contributed by atoms with Crippen LogP contribution in [0.2, 0.25) is 0 Å². The average Bonchev–Trinajstić information content (AvgIpc) is 1.89. The Morgan fingerprint density at radius 2 is 2.30 bits per heavy atom. The molecule has 0 radical (unpaired) electrons. The van der Waals surface area contributed by atoms with E-state index in [0.717, 1.165) is 12.8 Å². The Balaban J connectivity index is 3.36. The van der Waals surface area contributed by atoms with E-state index in [4.69, 9.17) is 5.11 Å². The van der Waals surface area contributed by atoms with Crippen molar-refractivity contribution in [3.63, 3.8) is 0 Å². The zero-order chi connectivity index (χ0) is 7.82. The van der Waals surface area contributed by atoms with E-state index in [0.29, 0.717) is 0 Å². The van der Waals surface area contributed by atoms with Crippen molar-refractivity contribution >= 4 is 5.78 Å². The molecule has 0 aliphatic rings. The molecule has 0 aliphatic carbocycles. The Bertz CT molecular complexity index is 116. The van der Waals surface area contributed by atoms with Crippen LogP contribution in [0.4, 0.5) is 0 Å². The molecule has 0 unspecified atom stereocenters. The molecular formula is C8H14O2. The van der Waals surface area contributed by atoms with Crippen molar-refractivity contribution in [2.24, 2.45) is 0 Å². The van der Waals surface area contributed by atoms with Gasteiger partial charge in [-0.05, 0) is 12.5 Å². The van der Waals surface area contributed by atoms with Gasteiger partial charge in [0.25, 0.3) is 0 Å². The highest BCUT2D eigenvalue weighted by atomic mass is 16.3. The van der Waals surface area contributed by atoms with Gasteiger partial charge >= 0.3 is 0 Å². The van der Waals surface area contributed by atoms with Crippen molar-refractivity contribution in [1.82, 2.24) is 0 Å². The number of unbranched alkanes of at least 4 members (excludes halogenated alkanes) is 1. The maximum atomic E-state index is 10.7. The molecule has 2 heteroatoms. The molecule has 1 N–H and O–H groups in total. The summed E-state index contributed by atoms with van der Waals surface area (Å²) in [4.78, 5) is 10.7. The topological polar surface area (TPSA) is 37.3 Å². The molecule has 0 aromatic rings. The molecule has 0 aliphatic heterocycles. The Kier molecular flexibility index (Phi) is 6.08. The van der Waals surface area contributed by atoms with Crippen LogP contribution in [0.5, 0.6) is 0 Å². The fourth-order valence-electron chi connectivity index (χ4n) is 0.575. The van der Waals surface area contributed by atoms with Gasteiger partial charge in [-0.3, -0.25) is 4.79 Å². The van der Waals surface area contributed by atoms with Crippen molar-refractivity contribution < 1.29 is 9.90 Å². The quantitative estimate of drug-likeness (QED) is 0.587. The van der Waals surface area contributed by atoms with E-state index in [9.17, 15) is 4.79 Å². The van der Waals surface area contributed by atoms with E-state index in [-0.39, 0.29) is 18.8 Å². The maximum Gasteiger partial charge on any atom is 0.157 e. The Morgan fingerprint density at radius 1 is 1.60 bits per heavy atom. The largest absolute Gasteiger partial charge is 0.396 e. The van der Waals surface area contributed by atoms with Crippen molar-refractivity contribution in [3.8, 4) is 0 Å². The molecule has 0 fully saturated rings. The van der Waals surface area contributed by atoms with Gasteiger partial charge in [0.1, 0.15) is 0 Å². The fraction of sp³-hybridized carbons (Fsp3) is 0.625. The number of ketones is 1. The molecule has 0 amide bonds. The lowest BCUT2D eigenvalue weighted by Crippen LogP contribution is -1.95. The number of hydrogen-bond acceptors (Lipinski definition) is 2. The third kappa shape index (κ3) is 5.51. The third-order valence-corrected chi connectivity index (χ3v) is 1.12.